The maximum atomic E-state index is 6.52. The second kappa shape index (κ2) is 11.6. The van der Waals surface area contributed by atoms with Crippen LogP contribution in [0.25, 0.3) is 0 Å². The fraction of sp³-hybridized carbons (Fsp3) is 0.226. The van der Waals surface area contributed by atoms with Crippen LogP contribution in [0.4, 0.5) is 0 Å². The Kier molecular flexibility index (Phi) is 8.67. The van der Waals surface area contributed by atoms with E-state index in [0.29, 0.717) is 0 Å². The Morgan fingerprint density at radius 1 is 0.611 bits per heavy atom. The number of benzene rings is 4. The van der Waals surface area contributed by atoms with Crippen LogP contribution in [-0.4, -0.2) is 0 Å². The van der Waals surface area contributed by atoms with Gasteiger partial charge in [-0.2, -0.15) is 0 Å². The van der Waals surface area contributed by atoms with Crippen molar-refractivity contribution in [2.45, 2.75) is 64.2 Å². The first-order valence-corrected chi connectivity index (χ1v) is 14.3. The van der Waals surface area contributed by atoms with Gasteiger partial charge in [-0.1, -0.05) is 66.3 Å². The van der Waals surface area contributed by atoms with Crippen molar-refractivity contribution in [3.05, 3.63) is 113 Å². The SMILES string of the molecule is CCC(C)(Oc1ccc(Sc2ccc(C(C)(C)Cl)cc2)cc1)c1ccc(Sc2ccc(Cl)cc2)cc1. The lowest BCUT2D eigenvalue weighted by molar-refractivity contribution is 0.0825. The maximum absolute atomic E-state index is 6.52. The zero-order valence-electron chi connectivity index (χ0n) is 20.9. The normalized spacial score (nSPS) is 13.3. The number of hydrogen-bond acceptors (Lipinski definition) is 3. The smallest absolute Gasteiger partial charge is 0.131 e. The molecule has 0 fully saturated rings. The van der Waals surface area contributed by atoms with Crippen LogP contribution in [0.2, 0.25) is 5.02 Å². The van der Waals surface area contributed by atoms with Crippen LogP contribution in [-0.2, 0) is 10.5 Å². The highest BCUT2D eigenvalue weighted by molar-refractivity contribution is 7.99. The van der Waals surface area contributed by atoms with Gasteiger partial charge in [0, 0.05) is 24.6 Å². The minimum Gasteiger partial charge on any atom is -0.483 e. The van der Waals surface area contributed by atoms with Crippen molar-refractivity contribution in [2.24, 2.45) is 0 Å². The van der Waals surface area contributed by atoms with Gasteiger partial charge in [0.1, 0.15) is 11.4 Å². The molecule has 0 heterocycles. The molecule has 4 aromatic rings. The fourth-order valence-electron chi connectivity index (χ4n) is 3.74. The van der Waals surface area contributed by atoms with Crippen LogP contribution in [0.3, 0.4) is 0 Å². The molecule has 0 saturated carbocycles. The predicted octanol–water partition coefficient (Wildman–Crippen LogP) is 10.8. The third-order valence-electron chi connectivity index (χ3n) is 6.13. The lowest BCUT2D eigenvalue weighted by Gasteiger charge is -2.30. The third kappa shape index (κ3) is 7.04. The number of rotatable bonds is 9. The molecule has 0 aliphatic carbocycles. The van der Waals surface area contributed by atoms with Crippen LogP contribution >= 0.6 is 46.7 Å². The van der Waals surface area contributed by atoms with Crippen LogP contribution in [0.15, 0.2) is 117 Å². The summed E-state index contributed by atoms with van der Waals surface area (Å²) in [6.07, 6.45) is 0.858. The highest BCUT2D eigenvalue weighted by Crippen LogP contribution is 2.36. The molecule has 4 aromatic carbocycles. The molecule has 0 bridgehead atoms. The van der Waals surface area contributed by atoms with Crippen LogP contribution in [0.5, 0.6) is 5.75 Å². The Morgan fingerprint density at radius 3 is 1.42 bits per heavy atom. The third-order valence-corrected chi connectivity index (χ3v) is 8.63. The van der Waals surface area contributed by atoms with E-state index in [0.717, 1.165) is 28.3 Å². The van der Waals surface area contributed by atoms with Crippen LogP contribution in [0, 0.1) is 0 Å². The molecule has 5 heteroatoms. The number of alkyl halides is 1. The molecule has 0 radical (unpaired) electrons. The number of hydrogen-bond donors (Lipinski definition) is 0. The van der Waals surface area contributed by atoms with E-state index in [9.17, 15) is 0 Å². The highest BCUT2D eigenvalue weighted by Gasteiger charge is 2.27. The molecule has 0 amide bonds. The fourth-order valence-corrected chi connectivity index (χ4v) is 5.63. The van der Waals surface area contributed by atoms with Gasteiger partial charge in [0.2, 0.25) is 0 Å². The van der Waals surface area contributed by atoms with E-state index in [1.807, 2.05) is 38.1 Å². The summed E-state index contributed by atoms with van der Waals surface area (Å²) in [5.41, 5.74) is 1.86. The van der Waals surface area contributed by atoms with Crippen molar-refractivity contribution in [3.63, 3.8) is 0 Å². The summed E-state index contributed by atoms with van der Waals surface area (Å²) in [4.78, 5) is 4.34. The standard InChI is InChI=1S/C31H30Cl2OS2/c1-5-31(4,23-8-16-27(17-9-23)35-28-18-10-24(32)11-19-28)34-25-12-20-29(21-13-25)36-26-14-6-22(7-15-26)30(2,3)33/h6-21H,5H2,1-4H3. The average molecular weight is 554 g/mol. The minimum atomic E-state index is -0.414. The van der Waals surface area contributed by atoms with Gasteiger partial charge in [0.15, 0.2) is 0 Å². The van der Waals surface area contributed by atoms with Gasteiger partial charge in [0.25, 0.3) is 0 Å². The Balaban J connectivity index is 1.41. The first kappa shape index (κ1) is 27.0. The minimum absolute atomic E-state index is 0.357. The van der Waals surface area contributed by atoms with Crippen LogP contribution in [0.1, 0.15) is 45.2 Å². The molecule has 1 unspecified atom stereocenters. The molecule has 0 aromatic heterocycles. The van der Waals surface area contributed by atoms with E-state index in [4.69, 9.17) is 27.9 Å². The largest absolute Gasteiger partial charge is 0.483 e. The summed E-state index contributed by atoms with van der Waals surface area (Å²) < 4.78 is 6.52. The van der Waals surface area contributed by atoms with Crippen LogP contribution < -0.4 is 4.74 Å². The number of ether oxygens (including phenoxy) is 1. The van der Waals surface area contributed by atoms with Crippen molar-refractivity contribution in [2.75, 3.05) is 0 Å². The predicted molar refractivity (Wildman–Crippen MR) is 156 cm³/mol. The summed E-state index contributed by atoms with van der Waals surface area (Å²) in [7, 11) is 0. The van der Waals surface area contributed by atoms with E-state index < -0.39 is 5.60 Å². The summed E-state index contributed by atoms with van der Waals surface area (Å²) in [6, 6.07) is 33.3. The van der Waals surface area contributed by atoms with Crippen molar-refractivity contribution in [3.8, 4) is 5.75 Å². The van der Waals surface area contributed by atoms with E-state index in [1.165, 1.54) is 19.6 Å². The summed E-state index contributed by atoms with van der Waals surface area (Å²) in [5.74, 6) is 0.863. The Bertz CT molecular complexity index is 1260. The molecule has 186 valence electrons. The van der Waals surface area contributed by atoms with Gasteiger partial charge >= 0.3 is 0 Å². The molecular weight excluding hydrogens is 523 g/mol. The van der Waals surface area contributed by atoms with E-state index in [1.54, 1.807) is 23.5 Å². The quantitative estimate of drug-likeness (QED) is 0.191. The molecule has 0 saturated heterocycles. The molecule has 0 aliphatic rings. The summed E-state index contributed by atoms with van der Waals surface area (Å²) in [6.45, 7) is 8.33. The Morgan fingerprint density at radius 2 is 1.00 bits per heavy atom. The molecule has 4 rings (SSSR count). The average Bonchev–Trinajstić information content (AvgIpc) is 2.87. The van der Waals surface area contributed by atoms with Gasteiger partial charge in [-0.3, -0.25) is 0 Å². The monoisotopic (exact) mass is 552 g/mol. The zero-order chi connectivity index (χ0) is 25.8. The van der Waals surface area contributed by atoms with E-state index >= 15 is 0 Å². The maximum Gasteiger partial charge on any atom is 0.131 e. The van der Waals surface area contributed by atoms with Gasteiger partial charge < -0.3 is 4.74 Å². The number of halogens is 2. The van der Waals surface area contributed by atoms with Gasteiger partial charge in [-0.05, 0) is 111 Å². The van der Waals surface area contributed by atoms with Crippen molar-refractivity contribution < 1.29 is 4.74 Å². The van der Waals surface area contributed by atoms with Gasteiger partial charge in [-0.15, -0.1) is 11.6 Å². The Hall–Kier alpha value is -2.04. The first-order chi connectivity index (χ1) is 17.1. The topological polar surface area (TPSA) is 9.23 Å². The second-order valence-corrected chi connectivity index (χ2v) is 13.0. The second-order valence-electron chi connectivity index (χ2n) is 9.34. The zero-order valence-corrected chi connectivity index (χ0v) is 24.1. The molecule has 0 spiro atoms. The van der Waals surface area contributed by atoms with Crippen molar-refractivity contribution in [1.82, 2.24) is 0 Å². The molecule has 0 aliphatic heterocycles. The molecule has 1 atom stereocenters. The van der Waals surface area contributed by atoms with Crippen molar-refractivity contribution in [1.29, 1.82) is 0 Å². The van der Waals surface area contributed by atoms with Gasteiger partial charge in [0.05, 0.1) is 4.87 Å². The highest BCUT2D eigenvalue weighted by atomic mass is 35.5. The Labute approximate surface area is 233 Å². The summed E-state index contributed by atoms with van der Waals surface area (Å²) in [5, 5.41) is 0.752. The first-order valence-electron chi connectivity index (χ1n) is 11.9. The van der Waals surface area contributed by atoms with E-state index in [2.05, 4.69) is 86.6 Å². The lowest BCUT2D eigenvalue weighted by atomic mass is 9.93. The van der Waals surface area contributed by atoms with E-state index in [-0.39, 0.29) is 4.87 Å². The molecular formula is C31H30Cl2OS2. The molecule has 36 heavy (non-hydrogen) atoms. The van der Waals surface area contributed by atoms with Crippen molar-refractivity contribution >= 4 is 46.7 Å². The van der Waals surface area contributed by atoms with Gasteiger partial charge in [-0.25, -0.2) is 0 Å². The summed E-state index contributed by atoms with van der Waals surface area (Å²) >= 11 is 15.9. The molecule has 1 nitrogen and oxygen atoms in total. The molecule has 0 N–H and O–H groups in total. The lowest BCUT2D eigenvalue weighted by Crippen LogP contribution is -2.28.